The Morgan fingerprint density at radius 3 is 2.59 bits per heavy atom. The largest absolute Gasteiger partial charge is 0.393 e. The minimum Gasteiger partial charge on any atom is -0.393 e. The SMILES string of the molecule is CCn1nc(C)c(Cl)c1CCC(O)CC(C)C. The van der Waals surface area contributed by atoms with E-state index in [1.165, 1.54) is 0 Å². The maximum Gasteiger partial charge on any atom is 0.0847 e. The van der Waals surface area contributed by atoms with E-state index in [0.29, 0.717) is 5.92 Å². The summed E-state index contributed by atoms with van der Waals surface area (Å²) in [4.78, 5) is 0. The molecule has 98 valence electrons. The molecule has 0 saturated carbocycles. The van der Waals surface area contributed by atoms with Crippen LogP contribution in [-0.2, 0) is 13.0 Å². The van der Waals surface area contributed by atoms with Gasteiger partial charge >= 0.3 is 0 Å². The van der Waals surface area contributed by atoms with Gasteiger partial charge in [-0.1, -0.05) is 25.4 Å². The van der Waals surface area contributed by atoms with Gasteiger partial charge in [-0.3, -0.25) is 4.68 Å². The number of nitrogens with zero attached hydrogens (tertiary/aromatic N) is 2. The predicted octanol–water partition coefficient (Wildman–Crippen LogP) is 3.20. The number of aryl methyl sites for hydroxylation is 2. The van der Waals surface area contributed by atoms with Gasteiger partial charge in [0.15, 0.2) is 0 Å². The highest BCUT2D eigenvalue weighted by atomic mass is 35.5. The van der Waals surface area contributed by atoms with Crippen LogP contribution in [0.1, 0.15) is 45.0 Å². The van der Waals surface area contributed by atoms with E-state index >= 15 is 0 Å². The van der Waals surface area contributed by atoms with Crippen molar-refractivity contribution in [1.82, 2.24) is 9.78 Å². The topological polar surface area (TPSA) is 38.0 Å². The first-order valence-corrected chi connectivity index (χ1v) is 6.73. The fraction of sp³-hybridized carbons (Fsp3) is 0.769. The molecular formula is C13H23ClN2O. The fourth-order valence-corrected chi connectivity index (χ4v) is 2.30. The van der Waals surface area contributed by atoms with E-state index < -0.39 is 0 Å². The van der Waals surface area contributed by atoms with Gasteiger partial charge in [-0.2, -0.15) is 5.10 Å². The fourth-order valence-electron chi connectivity index (χ4n) is 2.07. The lowest BCUT2D eigenvalue weighted by atomic mass is 10.0. The highest BCUT2D eigenvalue weighted by molar-refractivity contribution is 6.31. The van der Waals surface area contributed by atoms with Gasteiger partial charge in [0.1, 0.15) is 0 Å². The van der Waals surface area contributed by atoms with Crippen LogP contribution in [0.4, 0.5) is 0 Å². The molecule has 0 bridgehead atoms. The molecule has 0 aromatic carbocycles. The molecule has 0 radical (unpaired) electrons. The van der Waals surface area contributed by atoms with Crippen LogP contribution in [0.3, 0.4) is 0 Å². The smallest absolute Gasteiger partial charge is 0.0847 e. The Kier molecular flexibility index (Phi) is 5.47. The number of hydrogen-bond donors (Lipinski definition) is 1. The van der Waals surface area contributed by atoms with Crippen molar-refractivity contribution in [3.63, 3.8) is 0 Å². The molecule has 0 saturated heterocycles. The number of halogens is 1. The molecule has 1 rings (SSSR count). The van der Waals surface area contributed by atoms with Crippen LogP contribution in [-0.4, -0.2) is 21.0 Å². The highest BCUT2D eigenvalue weighted by Gasteiger charge is 2.14. The van der Waals surface area contributed by atoms with Gasteiger partial charge < -0.3 is 5.11 Å². The monoisotopic (exact) mass is 258 g/mol. The first-order valence-electron chi connectivity index (χ1n) is 6.35. The Hall–Kier alpha value is -0.540. The molecule has 1 N–H and O–H groups in total. The summed E-state index contributed by atoms with van der Waals surface area (Å²) >= 11 is 6.22. The van der Waals surface area contributed by atoms with Gasteiger partial charge in [0.05, 0.1) is 22.5 Å². The molecule has 0 aliphatic carbocycles. The number of aromatic nitrogens is 2. The minimum absolute atomic E-state index is 0.244. The minimum atomic E-state index is -0.244. The third-order valence-electron chi connectivity index (χ3n) is 2.91. The third kappa shape index (κ3) is 4.00. The summed E-state index contributed by atoms with van der Waals surface area (Å²) in [5, 5.41) is 15.0. The Morgan fingerprint density at radius 2 is 2.06 bits per heavy atom. The predicted molar refractivity (Wildman–Crippen MR) is 71.4 cm³/mol. The van der Waals surface area contributed by atoms with Gasteiger partial charge in [0.25, 0.3) is 0 Å². The Labute approximate surface area is 109 Å². The van der Waals surface area contributed by atoms with E-state index in [1.807, 2.05) is 11.6 Å². The van der Waals surface area contributed by atoms with Gasteiger partial charge in [0.2, 0.25) is 0 Å². The lowest BCUT2D eigenvalue weighted by molar-refractivity contribution is 0.139. The van der Waals surface area contributed by atoms with Crippen LogP contribution in [0.2, 0.25) is 5.02 Å². The van der Waals surface area contributed by atoms with Gasteiger partial charge in [-0.05, 0) is 39.0 Å². The summed E-state index contributed by atoms with van der Waals surface area (Å²) in [6.07, 6.45) is 2.15. The Morgan fingerprint density at radius 1 is 1.41 bits per heavy atom. The van der Waals surface area contributed by atoms with Crippen LogP contribution in [0.15, 0.2) is 0 Å². The standard InChI is InChI=1S/C13H23ClN2O/c1-5-16-12(13(14)10(4)15-16)7-6-11(17)8-9(2)3/h9,11,17H,5-8H2,1-4H3. The second-order valence-electron chi connectivity index (χ2n) is 4.98. The number of aliphatic hydroxyl groups is 1. The maximum absolute atomic E-state index is 9.87. The van der Waals surface area contributed by atoms with E-state index in [4.69, 9.17) is 11.6 Å². The molecule has 1 aromatic rings. The van der Waals surface area contributed by atoms with Crippen molar-refractivity contribution >= 4 is 11.6 Å². The summed E-state index contributed by atoms with van der Waals surface area (Å²) in [5.74, 6) is 0.526. The Balaban J connectivity index is 2.62. The summed E-state index contributed by atoms with van der Waals surface area (Å²) in [7, 11) is 0. The zero-order valence-corrected chi connectivity index (χ0v) is 12.0. The molecule has 1 heterocycles. The van der Waals surface area contributed by atoms with E-state index in [9.17, 15) is 5.11 Å². The molecule has 0 amide bonds. The zero-order valence-electron chi connectivity index (χ0n) is 11.2. The van der Waals surface area contributed by atoms with E-state index in [-0.39, 0.29) is 6.10 Å². The average Bonchev–Trinajstić information content (AvgIpc) is 2.51. The van der Waals surface area contributed by atoms with Crippen molar-refractivity contribution in [3.05, 3.63) is 16.4 Å². The number of aliphatic hydroxyl groups excluding tert-OH is 1. The molecule has 1 aromatic heterocycles. The second-order valence-corrected chi connectivity index (χ2v) is 5.36. The third-order valence-corrected chi connectivity index (χ3v) is 3.40. The van der Waals surface area contributed by atoms with Crippen molar-refractivity contribution in [3.8, 4) is 0 Å². The second kappa shape index (κ2) is 6.41. The summed E-state index contributed by atoms with van der Waals surface area (Å²) in [6.45, 7) is 9.04. The normalized spacial score (nSPS) is 13.4. The van der Waals surface area contributed by atoms with Crippen molar-refractivity contribution in [1.29, 1.82) is 0 Å². The Bertz CT molecular complexity index is 361. The van der Waals surface area contributed by atoms with Crippen molar-refractivity contribution < 1.29 is 5.11 Å². The molecule has 3 nitrogen and oxygen atoms in total. The first kappa shape index (κ1) is 14.5. The summed E-state index contributed by atoms with van der Waals surface area (Å²) in [5.41, 5.74) is 1.93. The van der Waals surface area contributed by atoms with Crippen LogP contribution in [0, 0.1) is 12.8 Å². The van der Waals surface area contributed by atoms with Crippen LogP contribution < -0.4 is 0 Å². The van der Waals surface area contributed by atoms with Crippen molar-refractivity contribution in [2.24, 2.45) is 5.92 Å². The van der Waals surface area contributed by atoms with Crippen LogP contribution in [0.5, 0.6) is 0 Å². The highest BCUT2D eigenvalue weighted by Crippen LogP contribution is 2.22. The lowest BCUT2D eigenvalue weighted by Crippen LogP contribution is -2.13. The molecule has 4 heteroatoms. The lowest BCUT2D eigenvalue weighted by Gasteiger charge is -2.13. The van der Waals surface area contributed by atoms with Crippen LogP contribution in [0.25, 0.3) is 0 Å². The van der Waals surface area contributed by atoms with Crippen molar-refractivity contribution in [2.75, 3.05) is 0 Å². The van der Waals surface area contributed by atoms with E-state index in [2.05, 4.69) is 25.9 Å². The van der Waals surface area contributed by atoms with Crippen LogP contribution >= 0.6 is 11.6 Å². The van der Waals surface area contributed by atoms with E-state index in [0.717, 1.165) is 42.2 Å². The van der Waals surface area contributed by atoms with E-state index in [1.54, 1.807) is 0 Å². The molecule has 1 atom stereocenters. The molecule has 17 heavy (non-hydrogen) atoms. The molecule has 1 unspecified atom stereocenters. The molecule has 0 aliphatic heterocycles. The summed E-state index contributed by atoms with van der Waals surface area (Å²) in [6, 6.07) is 0. The molecular weight excluding hydrogens is 236 g/mol. The van der Waals surface area contributed by atoms with Gasteiger partial charge in [0, 0.05) is 6.54 Å². The molecule has 0 spiro atoms. The first-order chi connectivity index (χ1) is 7.95. The van der Waals surface area contributed by atoms with Gasteiger partial charge in [-0.25, -0.2) is 0 Å². The maximum atomic E-state index is 9.87. The molecule has 0 fully saturated rings. The number of rotatable bonds is 6. The number of hydrogen-bond acceptors (Lipinski definition) is 2. The zero-order chi connectivity index (χ0) is 13.0. The van der Waals surface area contributed by atoms with Crippen molar-refractivity contribution in [2.45, 2.75) is 59.6 Å². The average molecular weight is 259 g/mol. The summed E-state index contributed by atoms with van der Waals surface area (Å²) < 4.78 is 1.93. The van der Waals surface area contributed by atoms with Gasteiger partial charge in [-0.15, -0.1) is 0 Å². The quantitative estimate of drug-likeness (QED) is 0.851. The molecule has 0 aliphatic rings.